The number of hydrogen-bond acceptors (Lipinski definition) is 3. The quantitative estimate of drug-likeness (QED) is 0.808. The van der Waals surface area contributed by atoms with Crippen LogP contribution in [0.25, 0.3) is 0 Å². The monoisotopic (exact) mass is 375 g/mol. The minimum atomic E-state index is -0.548. The van der Waals surface area contributed by atoms with Gasteiger partial charge in [-0.15, -0.1) is 0 Å². The molecule has 0 aliphatic heterocycles. The van der Waals surface area contributed by atoms with Crippen molar-refractivity contribution in [1.82, 2.24) is 5.32 Å². The van der Waals surface area contributed by atoms with Crippen molar-refractivity contribution in [2.45, 2.75) is 19.4 Å². The molecule has 0 saturated carbocycles. The van der Waals surface area contributed by atoms with Gasteiger partial charge in [0.2, 0.25) is 0 Å². The van der Waals surface area contributed by atoms with Gasteiger partial charge in [-0.2, -0.15) is 0 Å². The van der Waals surface area contributed by atoms with E-state index in [9.17, 15) is 9.59 Å². The lowest BCUT2D eigenvalue weighted by atomic mass is 10.0. The maximum absolute atomic E-state index is 12.0. The molecule has 0 aliphatic rings. The van der Waals surface area contributed by atoms with Crippen molar-refractivity contribution in [2.24, 2.45) is 0 Å². The number of ketones is 1. The van der Waals surface area contributed by atoms with Crippen molar-refractivity contribution >= 4 is 27.6 Å². The third-order valence-corrected chi connectivity index (χ3v) is 3.96. The molecule has 120 valence electrons. The van der Waals surface area contributed by atoms with Gasteiger partial charge in [0.05, 0.1) is 10.5 Å². The standard InChI is InChI=1S/C18H18BrNO3/c1-13(21)16(11-14-7-3-2-4-8-14)20-18(22)12-23-17-10-6-5-9-15(17)19/h2-10,16H,11-12H2,1H3,(H,20,22). The van der Waals surface area contributed by atoms with E-state index in [1.165, 1.54) is 6.92 Å². The van der Waals surface area contributed by atoms with Crippen LogP contribution in [0.5, 0.6) is 5.75 Å². The summed E-state index contributed by atoms with van der Waals surface area (Å²) in [4.78, 5) is 23.8. The van der Waals surface area contributed by atoms with Crippen LogP contribution in [0.4, 0.5) is 0 Å². The van der Waals surface area contributed by atoms with E-state index in [-0.39, 0.29) is 18.3 Å². The predicted molar refractivity (Wildman–Crippen MR) is 92.4 cm³/mol. The molecule has 0 saturated heterocycles. The smallest absolute Gasteiger partial charge is 0.258 e. The zero-order chi connectivity index (χ0) is 16.7. The number of carbonyl (C=O) groups excluding carboxylic acids is 2. The number of ether oxygens (including phenoxy) is 1. The summed E-state index contributed by atoms with van der Waals surface area (Å²) in [5.41, 5.74) is 1.000. The van der Waals surface area contributed by atoms with E-state index >= 15 is 0 Å². The fraction of sp³-hybridized carbons (Fsp3) is 0.222. The minimum Gasteiger partial charge on any atom is -0.483 e. The molecule has 0 heterocycles. The van der Waals surface area contributed by atoms with Gasteiger partial charge in [-0.1, -0.05) is 42.5 Å². The molecule has 2 aromatic rings. The third kappa shape index (κ3) is 5.53. The van der Waals surface area contributed by atoms with E-state index in [2.05, 4.69) is 21.2 Å². The molecule has 1 unspecified atom stereocenters. The van der Waals surface area contributed by atoms with Crippen LogP contribution in [-0.2, 0) is 16.0 Å². The SMILES string of the molecule is CC(=O)C(Cc1ccccc1)NC(=O)COc1ccccc1Br. The molecular weight excluding hydrogens is 358 g/mol. The molecule has 0 bridgehead atoms. The molecule has 23 heavy (non-hydrogen) atoms. The van der Waals surface area contributed by atoms with Crippen molar-refractivity contribution in [2.75, 3.05) is 6.61 Å². The van der Waals surface area contributed by atoms with Crippen LogP contribution in [0.3, 0.4) is 0 Å². The summed E-state index contributed by atoms with van der Waals surface area (Å²) in [6.07, 6.45) is 0.469. The van der Waals surface area contributed by atoms with Crippen LogP contribution in [0.1, 0.15) is 12.5 Å². The number of benzene rings is 2. The first kappa shape index (κ1) is 17.2. The Morgan fingerprint density at radius 2 is 1.74 bits per heavy atom. The average Bonchev–Trinajstić information content (AvgIpc) is 2.54. The van der Waals surface area contributed by atoms with Crippen LogP contribution in [-0.4, -0.2) is 24.3 Å². The van der Waals surface area contributed by atoms with E-state index in [0.717, 1.165) is 10.0 Å². The summed E-state index contributed by atoms with van der Waals surface area (Å²) >= 11 is 3.35. The van der Waals surface area contributed by atoms with E-state index < -0.39 is 6.04 Å². The zero-order valence-corrected chi connectivity index (χ0v) is 14.4. The number of rotatable bonds is 7. The first-order valence-electron chi connectivity index (χ1n) is 7.27. The van der Waals surface area contributed by atoms with Crippen LogP contribution in [0.2, 0.25) is 0 Å². The van der Waals surface area contributed by atoms with Gasteiger partial charge in [0, 0.05) is 0 Å². The highest BCUT2D eigenvalue weighted by molar-refractivity contribution is 9.10. The van der Waals surface area contributed by atoms with Crippen LogP contribution >= 0.6 is 15.9 Å². The van der Waals surface area contributed by atoms with Gasteiger partial charge in [-0.25, -0.2) is 0 Å². The molecule has 0 radical (unpaired) electrons. The first-order valence-corrected chi connectivity index (χ1v) is 8.06. The molecule has 1 atom stereocenters. The van der Waals surface area contributed by atoms with Gasteiger partial charge in [-0.05, 0) is 47.0 Å². The molecule has 1 N–H and O–H groups in total. The fourth-order valence-electron chi connectivity index (χ4n) is 2.09. The Morgan fingerprint density at radius 3 is 2.39 bits per heavy atom. The molecule has 2 aromatic carbocycles. The second-order valence-corrected chi connectivity index (χ2v) is 5.99. The predicted octanol–water partition coefficient (Wildman–Crippen LogP) is 3.14. The molecule has 0 fully saturated rings. The van der Waals surface area contributed by atoms with Gasteiger partial charge in [0.1, 0.15) is 5.75 Å². The largest absolute Gasteiger partial charge is 0.483 e. The number of halogens is 1. The van der Waals surface area contributed by atoms with E-state index in [0.29, 0.717) is 12.2 Å². The number of carbonyl (C=O) groups is 2. The summed E-state index contributed by atoms with van der Waals surface area (Å²) in [5.74, 6) is 0.185. The van der Waals surface area contributed by atoms with Crippen LogP contribution < -0.4 is 10.1 Å². The summed E-state index contributed by atoms with van der Waals surface area (Å²) in [6.45, 7) is 1.34. The normalized spacial score (nSPS) is 11.6. The lowest BCUT2D eigenvalue weighted by Gasteiger charge is -2.16. The maximum Gasteiger partial charge on any atom is 0.258 e. The van der Waals surface area contributed by atoms with E-state index in [1.807, 2.05) is 48.5 Å². The summed E-state index contributed by atoms with van der Waals surface area (Å²) in [5, 5.41) is 2.73. The summed E-state index contributed by atoms with van der Waals surface area (Å²) < 4.78 is 6.24. The van der Waals surface area contributed by atoms with Crippen molar-refractivity contribution in [3.05, 3.63) is 64.6 Å². The van der Waals surface area contributed by atoms with Crippen LogP contribution in [0, 0.1) is 0 Å². The lowest BCUT2D eigenvalue weighted by molar-refractivity contribution is -0.128. The molecule has 4 nitrogen and oxygen atoms in total. The lowest BCUT2D eigenvalue weighted by Crippen LogP contribution is -2.43. The Balaban J connectivity index is 1.91. The number of Topliss-reactive ketones (excluding diaryl/α,β-unsaturated/α-hetero) is 1. The Morgan fingerprint density at radius 1 is 1.09 bits per heavy atom. The van der Waals surface area contributed by atoms with Gasteiger partial charge < -0.3 is 10.1 Å². The van der Waals surface area contributed by atoms with Crippen molar-refractivity contribution < 1.29 is 14.3 Å². The van der Waals surface area contributed by atoms with Gasteiger partial charge in [0.15, 0.2) is 12.4 Å². The van der Waals surface area contributed by atoms with E-state index in [1.54, 1.807) is 6.07 Å². The molecule has 0 aromatic heterocycles. The first-order chi connectivity index (χ1) is 11.1. The summed E-state index contributed by atoms with van der Waals surface area (Å²) in [7, 11) is 0. The van der Waals surface area contributed by atoms with Crippen molar-refractivity contribution in [3.8, 4) is 5.75 Å². The second-order valence-electron chi connectivity index (χ2n) is 5.14. The highest BCUT2D eigenvalue weighted by atomic mass is 79.9. The molecule has 2 rings (SSSR count). The molecule has 5 heteroatoms. The highest BCUT2D eigenvalue weighted by Gasteiger charge is 2.18. The topological polar surface area (TPSA) is 55.4 Å². The molecule has 0 spiro atoms. The van der Waals surface area contributed by atoms with Crippen molar-refractivity contribution in [1.29, 1.82) is 0 Å². The zero-order valence-electron chi connectivity index (χ0n) is 12.8. The third-order valence-electron chi connectivity index (χ3n) is 3.30. The fourth-order valence-corrected chi connectivity index (χ4v) is 2.49. The number of hydrogen-bond donors (Lipinski definition) is 1. The van der Waals surface area contributed by atoms with Gasteiger partial charge in [-0.3, -0.25) is 9.59 Å². The average molecular weight is 376 g/mol. The highest BCUT2D eigenvalue weighted by Crippen LogP contribution is 2.23. The van der Waals surface area contributed by atoms with Gasteiger partial charge in [0.25, 0.3) is 5.91 Å². The molecule has 1 amide bonds. The maximum atomic E-state index is 12.0. The number of nitrogens with one attached hydrogen (secondary N) is 1. The Labute approximate surface area is 144 Å². The van der Waals surface area contributed by atoms with Crippen molar-refractivity contribution in [3.63, 3.8) is 0 Å². The Bertz CT molecular complexity index is 673. The minimum absolute atomic E-state index is 0.0805. The molecular formula is C18H18BrNO3. The Hall–Kier alpha value is -2.14. The number of amides is 1. The molecule has 0 aliphatic carbocycles. The van der Waals surface area contributed by atoms with Gasteiger partial charge >= 0.3 is 0 Å². The Kier molecular flexibility index (Phi) is 6.35. The summed E-state index contributed by atoms with van der Waals surface area (Å²) in [6, 6.07) is 16.3. The van der Waals surface area contributed by atoms with Crippen LogP contribution in [0.15, 0.2) is 59.1 Å². The second kappa shape index (κ2) is 8.48. The van der Waals surface area contributed by atoms with E-state index in [4.69, 9.17) is 4.74 Å². The number of para-hydroxylation sites is 1.